The minimum Gasteiger partial charge on any atom is -0.393 e. The number of aliphatic hydroxyl groups is 7. The van der Waals surface area contributed by atoms with Gasteiger partial charge in [-0.25, -0.2) is 0 Å². The van der Waals surface area contributed by atoms with Crippen LogP contribution >= 0.6 is 0 Å². The van der Waals surface area contributed by atoms with E-state index >= 15 is 0 Å². The number of fused-ring (bicyclic) bond motifs is 7. The molecule has 4 saturated heterocycles. The van der Waals surface area contributed by atoms with Crippen LogP contribution in [0.2, 0.25) is 0 Å². The molecule has 4 heterocycles. The van der Waals surface area contributed by atoms with E-state index in [1.807, 2.05) is 0 Å². The summed E-state index contributed by atoms with van der Waals surface area (Å²) in [7, 11) is 0. The number of hydrogen-bond acceptors (Lipinski definition) is 13. The maximum absolute atomic E-state index is 11.7. The molecule has 0 aromatic carbocycles. The van der Waals surface area contributed by atoms with Gasteiger partial charge < -0.3 is 64.2 Å². The lowest BCUT2D eigenvalue weighted by atomic mass is 9.43. The summed E-state index contributed by atoms with van der Waals surface area (Å²) in [5.74, 6) is 0.760. The Morgan fingerprint density at radius 1 is 0.635 bits per heavy atom. The van der Waals surface area contributed by atoms with Crippen LogP contribution in [0.25, 0.3) is 0 Å². The van der Waals surface area contributed by atoms with Crippen molar-refractivity contribution in [1.82, 2.24) is 0 Å². The highest BCUT2D eigenvalue weighted by molar-refractivity contribution is 5.17. The Bertz CT molecular complexity index is 1310. The van der Waals surface area contributed by atoms with Crippen molar-refractivity contribution in [3.05, 3.63) is 0 Å². The number of aliphatic hydroxyl groups excluding tert-OH is 7. The van der Waals surface area contributed by atoms with Gasteiger partial charge in [-0.15, -0.1) is 0 Å². The Morgan fingerprint density at radius 2 is 1.31 bits per heavy atom. The zero-order valence-corrected chi connectivity index (χ0v) is 31.6. The molecule has 8 rings (SSSR count). The first-order valence-electron chi connectivity index (χ1n) is 20.2. The Hall–Kier alpha value is -0.520. The molecule has 4 aliphatic heterocycles. The van der Waals surface area contributed by atoms with Crippen molar-refractivity contribution < 1.29 is 64.2 Å². The van der Waals surface area contributed by atoms with Gasteiger partial charge in [0, 0.05) is 5.92 Å². The third kappa shape index (κ3) is 5.73. The van der Waals surface area contributed by atoms with Crippen molar-refractivity contribution in [2.45, 2.75) is 185 Å². The minimum atomic E-state index is -1.60. The van der Waals surface area contributed by atoms with Gasteiger partial charge in [0.2, 0.25) is 0 Å². The van der Waals surface area contributed by atoms with E-state index < -0.39 is 79.4 Å². The van der Waals surface area contributed by atoms with Crippen molar-refractivity contribution in [3.8, 4) is 0 Å². The van der Waals surface area contributed by atoms with E-state index in [0.29, 0.717) is 37.2 Å². The Morgan fingerprint density at radius 3 is 2.02 bits per heavy atom. The normalized spacial score (nSPS) is 61.9. The van der Waals surface area contributed by atoms with Gasteiger partial charge in [-0.05, 0) is 112 Å². The first-order valence-corrected chi connectivity index (χ1v) is 20.2. The molecule has 13 heteroatoms. The summed E-state index contributed by atoms with van der Waals surface area (Å²) < 4.78 is 37.9. The molecule has 298 valence electrons. The molecule has 0 aromatic heterocycles. The lowest BCUT2D eigenvalue weighted by Crippen LogP contribution is -2.64. The SMILES string of the molecule is C[C@@H]1CO[C@@]2(O[C@H]3C[C@H]4[C@@H]5C[C@H](O[C@@H]6O[C@H](C)[C@@H](O)[C@H](O[C@@H]7O[C@@H](C)[C@H](O)[C@@H](O)[C@H]7O)[C@H]6O)[C@H]6C[C@@H](O)CC[C@]6(C)[C@H]5CC[C@]4(C)[C@H]3[C@@H]2C)[C@H](O)C1. The maximum Gasteiger partial charge on any atom is 0.197 e. The van der Waals surface area contributed by atoms with Gasteiger partial charge in [0.1, 0.15) is 42.7 Å². The zero-order chi connectivity index (χ0) is 37.2. The first-order chi connectivity index (χ1) is 24.5. The molecule has 0 aromatic rings. The maximum atomic E-state index is 11.7. The molecule has 0 bridgehead atoms. The topological polar surface area (TPSA) is 197 Å². The highest BCUT2D eigenvalue weighted by Crippen LogP contribution is 2.71. The molecule has 0 unspecified atom stereocenters. The quantitative estimate of drug-likeness (QED) is 0.205. The first kappa shape index (κ1) is 38.4. The second kappa shape index (κ2) is 13.6. The minimum absolute atomic E-state index is 0.00617. The lowest BCUT2D eigenvalue weighted by molar-refractivity contribution is -0.363. The third-order valence-corrected chi connectivity index (χ3v) is 16.1. The van der Waals surface area contributed by atoms with Gasteiger partial charge in [-0.2, -0.15) is 0 Å². The molecular weight excluding hydrogens is 676 g/mol. The van der Waals surface area contributed by atoms with Crippen LogP contribution < -0.4 is 0 Å². The monoisotopic (exact) mass is 740 g/mol. The summed E-state index contributed by atoms with van der Waals surface area (Å²) in [5.41, 5.74) is -0.122. The Kier molecular flexibility index (Phi) is 10.0. The molecule has 1 spiro atoms. The summed E-state index contributed by atoms with van der Waals surface area (Å²) >= 11 is 0. The van der Waals surface area contributed by atoms with Gasteiger partial charge in [0.15, 0.2) is 18.4 Å². The van der Waals surface area contributed by atoms with Crippen molar-refractivity contribution in [3.63, 3.8) is 0 Å². The predicted molar refractivity (Wildman–Crippen MR) is 183 cm³/mol. The van der Waals surface area contributed by atoms with Gasteiger partial charge >= 0.3 is 0 Å². The van der Waals surface area contributed by atoms with E-state index in [0.717, 1.165) is 38.5 Å². The number of ether oxygens (including phenoxy) is 6. The van der Waals surface area contributed by atoms with Gasteiger partial charge in [-0.3, -0.25) is 0 Å². The van der Waals surface area contributed by atoms with E-state index in [1.54, 1.807) is 13.8 Å². The molecule has 24 atom stereocenters. The molecular formula is C39H64O13. The Balaban J connectivity index is 1.04. The van der Waals surface area contributed by atoms with Crippen molar-refractivity contribution in [1.29, 1.82) is 0 Å². The summed E-state index contributed by atoms with van der Waals surface area (Å²) in [6, 6.07) is 0. The number of hydrogen-bond donors (Lipinski definition) is 7. The average Bonchev–Trinajstić information content (AvgIpc) is 3.55. The van der Waals surface area contributed by atoms with E-state index in [4.69, 9.17) is 28.4 Å². The highest BCUT2D eigenvalue weighted by Gasteiger charge is 2.71. The Labute approximate surface area is 307 Å². The molecule has 7 N–H and O–H groups in total. The molecule has 52 heavy (non-hydrogen) atoms. The van der Waals surface area contributed by atoms with Crippen LogP contribution in [-0.2, 0) is 28.4 Å². The van der Waals surface area contributed by atoms with Crippen LogP contribution in [0.1, 0.15) is 92.9 Å². The largest absolute Gasteiger partial charge is 0.393 e. The van der Waals surface area contributed by atoms with Gasteiger partial charge in [-0.1, -0.05) is 27.7 Å². The van der Waals surface area contributed by atoms with Crippen LogP contribution in [0.15, 0.2) is 0 Å². The fraction of sp³-hybridized carbons (Fsp3) is 1.00. The molecule has 8 fully saturated rings. The molecule has 4 saturated carbocycles. The summed E-state index contributed by atoms with van der Waals surface area (Å²) in [6.07, 6.45) is -7.54. The average molecular weight is 741 g/mol. The van der Waals surface area contributed by atoms with E-state index in [9.17, 15) is 35.7 Å². The van der Waals surface area contributed by atoms with Crippen molar-refractivity contribution in [2.75, 3.05) is 6.61 Å². The van der Waals surface area contributed by atoms with Crippen LogP contribution in [0, 0.1) is 52.3 Å². The predicted octanol–water partition coefficient (Wildman–Crippen LogP) is 1.44. The van der Waals surface area contributed by atoms with Gasteiger partial charge in [0.25, 0.3) is 0 Å². The summed E-state index contributed by atoms with van der Waals surface area (Å²) in [4.78, 5) is 0. The number of rotatable bonds is 4. The van der Waals surface area contributed by atoms with Gasteiger partial charge in [0.05, 0.1) is 37.1 Å². The van der Waals surface area contributed by atoms with Crippen LogP contribution in [0.3, 0.4) is 0 Å². The molecule has 8 aliphatic rings. The fourth-order valence-electron chi connectivity index (χ4n) is 13.3. The van der Waals surface area contributed by atoms with E-state index in [-0.39, 0.29) is 46.7 Å². The van der Waals surface area contributed by atoms with Crippen molar-refractivity contribution in [2.24, 2.45) is 52.3 Å². The summed E-state index contributed by atoms with van der Waals surface area (Å²) in [6.45, 7) is 12.9. The zero-order valence-electron chi connectivity index (χ0n) is 31.6. The third-order valence-electron chi connectivity index (χ3n) is 16.1. The standard InChI is InChI=1S/C39H64O13/c1-16-11-27(41)39(47-15-16)17(2)28-26(52-39)14-23-21-13-25(24-12-20(40)7-9-37(24,5)22(21)8-10-38(23,28)6)50-36-33(46)34(30(43)19(4)49-36)51-35-32(45)31(44)29(42)18(3)48-35/h16-36,40-46H,7-15H2,1-6H3/t16-,17-,18-,19+,20-,21+,22-,23-,24+,25-,26-,27+,28-,29-,30+,31+,32+,33+,34-,35-,36-,37+,38-,39-/m0/s1. The van der Waals surface area contributed by atoms with Crippen LogP contribution in [0.4, 0.5) is 0 Å². The second-order valence-corrected chi connectivity index (χ2v) is 18.9. The molecule has 4 aliphatic carbocycles. The highest BCUT2D eigenvalue weighted by atomic mass is 16.7. The van der Waals surface area contributed by atoms with Crippen LogP contribution in [0.5, 0.6) is 0 Å². The molecule has 13 nitrogen and oxygen atoms in total. The second-order valence-electron chi connectivity index (χ2n) is 18.9. The molecule has 0 radical (unpaired) electrons. The molecule has 0 amide bonds. The van der Waals surface area contributed by atoms with E-state index in [2.05, 4.69) is 27.7 Å². The summed E-state index contributed by atoms with van der Waals surface area (Å²) in [5, 5.41) is 76.3. The van der Waals surface area contributed by atoms with Crippen LogP contribution in [-0.4, -0.2) is 134 Å². The fourth-order valence-corrected chi connectivity index (χ4v) is 13.3. The van der Waals surface area contributed by atoms with E-state index in [1.165, 1.54) is 0 Å². The van der Waals surface area contributed by atoms with Crippen molar-refractivity contribution >= 4 is 0 Å². The lowest BCUT2D eigenvalue weighted by Gasteiger charge is -2.63. The smallest absolute Gasteiger partial charge is 0.197 e.